The van der Waals surface area contributed by atoms with Crippen LogP contribution in [0.1, 0.15) is 32.1 Å². The minimum absolute atomic E-state index is 0.0406. The van der Waals surface area contributed by atoms with Gasteiger partial charge in [0.05, 0.1) is 12.5 Å². The lowest BCUT2D eigenvalue weighted by molar-refractivity contribution is -0.160. The van der Waals surface area contributed by atoms with E-state index in [1.54, 1.807) is 0 Å². The SMILES string of the molecule is COC(=O)C12CCC(CC1)C(N)C2. The van der Waals surface area contributed by atoms with Gasteiger partial charge in [0.1, 0.15) is 0 Å². The van der Waals surface area contributed by atoms with Crippen LogP contribution in [0, 0.1) is 11.3 Å². The fraction of sp³-hybridized carbons (Fsp3) is 0.900. The average Bonchev–Trinajstić information content (AvgIpc) is 2.18. The Morgan fingerprint density at radius 1 is 1.46 bits per heavy atom. The normalized spacial score (nSPS) is 43.2. The zero-order chi connectivity index (χ0) is 9.47. The lowest BCUT2D eigenvalue weighted by Gasteiger charge is -2.47. The van der Waals surface area contributed by atoms with E-state index >= 15 is 0 Å². The van der Waals surface area contributed by atoms with Gasteiger partial charge in [-0.15, -0.1) is 0 Å². The van der Waals surface area contributed by atoms with Gasteiger partial charge in [-0.2, -0.15) is 0 Å². The molecule has 2 N–H and O–H groups in total. The molecular formula is C10H17NO2. The van der Waals surface area contributed by atoms with Crippen molar-refractivity contribution in [1.29, 1.82) is 0 Å². The Hall–Kier alpha value is -0.570. The van der Waals surface area contributed by atoms with Crippen LogP contribution in [0.3, 0.4) is 0 Å². The van der Waals surface area contributed by atoms with Crippen LogP contribution in [0.5, 0.6) is 0 Å². The van der Waals surface area contributed by atoms with Crippen molar-refractivity contribution in [3.8, 4) is 0 Å². The fourth-order valence-electron chi connectivity index (χ4n) is 2.95. The monoisotopic (exact) mass is 183 g/mol. The van der Waals surface area contributed by atoms with Crippen molar-refractivity contribution in [1.82, 2.24) is 0 Å². The van der Waals surface area contributed by atoms with Gasteiger partial charge in [0, 0.05) is 6.04 Å². The van der Waals surface area contributed by atoms with E-state index in [1.165, 1.54) is 7.11 Å². The molecule has 0 heterocycles. The highest BCUT2D eigenvalue weighted by Crippen LogP contribution is 2.50. The van der Waals surface area contributed by atoms with Crippen LogP contribution >= 0.6 is 0 Å². The number of esters is 1. The number of nitrogens with two attached hydrogens (primary N) is 1. The van der Waals surface area contributed by atoms with Crippen molar-refractivity contribution in [2.75, 3.05) is 7.11 Å². The molecule has 1 atom stereocenters. The predicted molar refractivity (Wildman–Crippen MR) is 49.0 cm³/mol. The minimum Gasteiger partial charge on any atom is -0.469 e. The van der Waals surface area contributed by atoms with Crippen LogP contribution in [0.15, 0.2) is 0 Å². The van der Waals surface area contributed by atoms with Gasteiger partial charge in [0.25, 0.3) is 0 Å². The summed E-state index contributed by atoms with van der Waals surface area (Å²) >= 11 is 0. The second-order valence-corrected chi connectivity index (χ2v) is 4.48. The topological polar surface area (TPSA) is 52.3 Å². The summed E-state index contributed by atoms with van der Waals surface area (Å²) in [5.74, 6) is 0.618. The van der Waals surface area contributed by atoms with E-state index in [4.69, 9.17) is 10.5 Å². The largest absolute Gasteiger partial charge is 0.469 e. The molecule has 0 aliphatic heterocycles. The molecule has 3 fully saturated rings. The van der Waals surface area contributed by atoms with Gasteiger partial charge >= 0.3 is 5.97 Å². The standard InChI is InChI=1S/C10H17NO2/c1-13-9(12)10-4-2-7(3-5-10)8(11)6-10/h7-8H,2-6,11H2,1H3. The first-order valence-corrected chi connectivity index (χ1v) is 5.02. The number of methoxy groups -OCH3 is 1. The highest BCUT2D eigenvalue weighted by atomic mass is 16.5. The lowest BCUT2D eigenvalue weighted by atomic mass is 9.59. The van der Waals surface area contributed by atoms with Crippen molar-refractivity contribution in [3.63, 3.8) is 0 Å². The zero-order valence-electron chi connectivity index (χ0n) is 8.08. The molecule has 3 aliphatic carbocycles. The molecule has 74 valence electrons. The second-order valence-electron chi connectivity index (χ2n) is 4.48. The van der Waals surface area contributed by atoms with E-state index in [0.29, 0.717) is 5.92 Å². The number of hydrogen-bond acceptors (Lipinski definition) is 3. The van der Waals surface area contributed by atoms with Crippen LogP contribution in [0.25, 0.3) is 0 Å². The third kappa shape index (κ3) is 1.26. The molecule has 3 nitrogen and oxygen atoms in total. The Bertz CT molecular complexity index is 219. The number of fused-ring (bicyclic) bond motifs is 3. The van der Waals surface area contributed by atoms with Crippen molar-refractivity contribution >= 4 is 5.97 Å². The van der Waals surface area contributed by atoms with E-state index in [2.05, 4.69) is 0 Å². The first-order chi connectivity index (χ1) is 6.18. The molecule has 0 spiro atoms. The average molecular weight is 183 g/mol. The highest BCUT2D eigenvalue weighted by molar-refractivity contribution is 5.77. The van der Waals surface area contributed by atoms with Crippen LogP contribution in [-0.4, -0.2) is 19.1 Å². The molecule has 3 aliphatic rings. The van der Waals surface area contributed by atoms with Gasteiger partial charge in [0.2, 0.25) is 0 Å². The molecule has 0 saturated heterocycles. The van der Waals surface area contributed by atoms with Crippen molar-refractivity contribution in [2.24, 2.45) is 17.1 Å². The predicted octanol–water partition coefficient (Wildman–Crippen LogP) is 1.07. The summed E-state index contributed by atoms with van der Waals surface area (Å²) in [7, 11) is 1.48. The summed E-state index contributed by atoms with van der Waals surface area (Å²) in [6.45, 7) is 0. The Morgan fingerprint density at radius 2 is 2.08 bits per heavy atom. The summed E-state index contributed by atoms with van der Waals surface area (Å²) in [6.07, 6.45) is 5.02. The van der Waals surface area contributed by atoms with E-state index in [9.17, 15) is 4.79 Å². The van der Waals surface area contributed by atoms with Gasteiger partial charge < -0.3 is 10.5 Å². The first-order valence-electron chi connectivity index (χ1n) is 5.02. The molecule has 1 unspecified atom stereocenters. The summed E-state index contributed by atoms with van der Waals surface area (Å²) in [4.78, 5) is 11.6. The minimum atomic E-state index is -0.219. The van der Waals surface area contributed by atoms with Gasteiger partial charge in [-0.05, 0) is 38.0 Å². The van der Waals surface area contributed by atoms with Crippen molar-refractivity contribution in [2.45, 2.75) is 38.1 Å². The number of carbonyl (C=O) groups excluding carboxylic acids is 1. The Labute approximate surface area is 78.6 Å². The third-order valence-electron chi connectivity index (χ3n) is 3.84. The Balaban J connectivity index is 2.17. The van der Waals surface area contributed by atoms with Crippen LogP contribution in [-0.2, 0) is 9.53 Å². The zero-order valence-corrected chi connectivity index (χ0v) is 8.08. The smallest absolute Gasteiger partial charge is 0.311 e. The molecule has 3 rings (SSSR count). The molecule has 13 heavy (non-hydrogen) atoms. The van der Waals surface area contributed by atoms with Gasteiger partial charge in [-0.3, -0.25) is 4.79 Å². The quantitative estimate of drug-likeness (QED) is 0.618. The summed E-state index contributed by atoms with van der Waals surface area (Å²) in [5.41, 5.74) is 5.77. The van der Waals surface area contributed by atoms with E-state index in [-0.39, 0.29) is 17.4 Å². The molecule has 0 aromatic rings. The van der Waals surface area contributed by atoms with Crippen molar-refractivity contribution < 1.29 is 9.53 Å². The third-order valence-corrected chi connectivity index (χ3v) is 3.84. The molecule has 3 saturated carbocycles. The molecular weight excluding hydrogens is 166 g/mol. The van der Waals surface area contributed by atoms with Crippen LogP contribution < -0.4 is 5.73 Å². The van der Waals surface area contributed by atoms with Crippen LogP contribution in [0.4, 0.5) is 0 Å². The summed E-state index contributed by atoms with van der Waals surface area (Å²) in [6, 6.07) is 0.224. The number of hydrogen-bond donors (Lipinski definition) is 1. The lowest BCUT2D eigenvalue weighted by Crippen LogP contribution is -2.51. The van der Waals surface area contributed by atoms with Gasteiger partial charge in [-0.25, -0.2) is 0 Å². The highest BCUT2D eigenvalue weighted by Gasteiger charge is 2.49. The maximum Gasteiger partial charge on any atom is 0.311 e. The van der Waals surface area contributed by atoms with Crippen molar-refractivity contribution in [3.05, 3.63) is 0 Å². The molecule has 0 amide bonds. The Morgan fingerprint density at radius 3 is 2.54 bits per heavy atom. The maximum atomic E-state index is 11.6. The Kier molecular flexibility index (Phi) is 2.06. The fourth-order valence-corrected chi connectivity index (χ4v) is 2.95. The van der Waals surface area contributed by atoms with E-state index in [1.807, 2.05) is 0 Å². The number of rotatable bonds is 1. The first kappa shape index (κ1) is 9.00. The maximum absolute atomic E-state index is 11.6. The number of ether oxygens (including phenoxy) is 1. The molecule has 0 aromatic heterocycles. The number of carbonyl (C=O) groups is 1. The summed E-state index contributed by atoms with van der Waals surface area (Å²) in [5, 5.41) is 0. The molecule has 2 bridgehead atoms. The summed E-state index contributed by atoms with van der Waals surface area (Å²) < 4.78 is 4.86. The second kappa shape index (κ2) is 2.98. The van der Waals surface area contributed by atoms with Gasteiger partial charge in [-0.1, -0.05) is 0 Å². The molecule has 0 aromatic carbocycles. The molecule has 0 radical (unpaired) electrons. The van der Waals surface area contributed by atoms with E-state index < -0.39 is 0 Å². The van der Waals surface area contributed by atoms with Gasteiger partial charge in [0.15, 0.2) is 0 Å². The van der Waals surface area contributed by atoms with E-state index in [0.717, 1.165) is 32.1 Å². The molecule has 3 heteroatoms. The van der Waals surface area contributed by atoms with Crippen LogP contribution in [0.2, 0.25) is 0 Å².